The summed E-state index contributed by atoms with van der Waals surface area (Å²) >= 11 is 0. The highest BCUT2D eigenvalue weighted by Crippen LogP contribution is 2.21. The lowest BCUT2D eigenvalue weighted by molar-refractivity contribution is 0.236. The van der Waals surface area contributed by atoms with Gasteiger partial charge in [0, 0.05) is 16.3 Å². The molecule has 0 saturated heterocycles. The van der Waals surface area contributed by atoms with Crippen molar-refractivity contribution >= 4 is 10.8 Å². The molecule has 4 nitrogen and oxygen atoms in total. The minimum Gasteiger partial charge on any atom is -0.474 e. The van der Waals surface area contributed by atoms with E-state index in [0.717, 1.165) is 10.8 Å². The maximum absolute atomic E-state index is 5.85. The molecule has 0 unspecified atom stereocenters. The predicted octanol–water partition coefficient (Wildman–Crippen LogP) is 1.75. The third kappa shape index (κ3) is 2.46. The van der Waals surface area contributed by atoms with Crippen molar-refractivity contribution in [3.63, 3.8) is 0 Å². The van der Waals surface area contributed by atoms with Crippen molar-refractivity contribution < 1.29 is 4.74 Å². The SMILES string of the molecule is CC(C)(N)COc1nncc2ccccc12. The first-order chi connectivity index (χ1) is 7.56. The summed E-state index contributed by atoms with van der Waals surface area (Å²) in [5, 5.41) is 9.86. The molecule has 0 bridgehead atoms. The Hall–Kier alpha value is -1.68. The van der Waals surface area contributed by atoms with Crippen molar-refractivity contribution in [2.75, 3.05) is 6.61 Å². The average molecular weight is 217 g/mol. The topological polar surface area (TPSA) is 61.0 Å². The van der Waals surface area contributed by atoms with E-state index in [4.69, 9.17) is 10.5 Å². The van der Waals surface area contributed by atoms with Crippen LogP contribution < -0.4 is 10.5 Å². The fourth-order valence-corrected chi connectivity index (χ4v) is 1.36. The largest absolute Gasteiger partial charge is 0.474 e. The maximum Gasteiger partial charge on any atom is 0.241 e. The molecule has 0 atom stereocenters. The van der Waals surface area contributed by atoms with Gasteiger partial charge in [0.2, 0.25) is 5.88 Å². The molecule has 0 saturated carbocycles. The van der Waals surface area contributed by atoms with E-state index in [9.17, 15) is 0 Å². The summed E-state index contributed by atoms with van der Waals surface area (Å²) < 4.78 is 5.59. The Labute approximate surface area is 94.4 Å². The van der Waals surface area contributed by atoms with Crippen molar-refractivity contribution in [3.05, 3.63) is 30.5 Å². The molecule has 0 aliphatic rings. The van der Waals surface area contributed by atoms with Gasteiger partial charge in [0.05, 0.1) is 6.20 Å². The molecule has 2 aromatic rings. The minimum absolute atomic E-state index is 0.376. The van der Waals surface area contributed by atoms with Crippen LogP contribution in [-0.2, 0) is 0 Å². The average Bonchev–Trinajstić information content (AvgIpc) is 2.25. The van der Waals surface area contributed by atoms with Gasteiger partial charge in [-0.15, -0.1) is 5.10 Å². The van der Waals surface area contributed by atoms with Gasteiger partial charge in [0.15, 0.2) is 0 Å². The number of aromatic nitrogens is 2. The molecular weight excluding hydrogens is 202 g/mol. The van der Waals surface area contributed by atoms with E-state index in [1.807, 2.05) is 38.1 Å². The van der Waals surface area contributed by atoms with E-state index in [-0.39, 0.29) is 5.54 Å². The van der Waals surface area contributed by atoms with Gasteiger partial charge in [-0.3, -0.25) is 0 Å². The molecule has 2 N–H and O–H groups in total. The van der Waals surface area contributed by atoms with Crippen molar-refractivity contribution in [1.29, 1.82) is 0 Å². The first-order valence-electron chi connectivity index (χ1n) is 5.18. The number of nitrogens with zero attached hydrogens (tertiary/aromatic N) is 2. The number of ether oxygens (including phenoxy) is 1. The lowest BCUT2D eigenvalue weighted by Crippen LogP contribution is -2.38. The summed E-state index contributed by atoms with van der Waals surface area (Å²) in [6, 6.07) is 7.85. The first kappa shape index (κ1) is 10.8. The second-order valence-electron chi connectivity index (χ2n) is 4.51. The highest BCUT2D eigenvalue weighted by molar-refractivity contribution is 5.85. The zero-order valence-electron chi connectivity index (χ0n) is 9.47. The van der Waals surface area contributed by atoms with Crippen LogP contribution >= 0.6 is 0 Å². The molecule has 1 aromatic heterocycles. The number of benzene rings is 1. The Kier molecular flexibility index (Phi) is 2.75. The van der Waals surface area contributed by atoms with Crippen molar-refractivity contribution in [2.24, 2.45) is 5.73 Å². The van der Waals surface area contributed by atoms with Crippen molar-refractivity contribution in [2.45, 2.75) is 19.4 Å². The van der Waals surface area contributed by atoms with E-state index < -0.39 is 0 Å². The lowest BCUT2D eigenvalue weighted by Gasteiger charge is -2.18. The fraction of sp³-hybridized carbons (Fsp3) is 0.333. The summed E-state index contributed by atoms with van der Waals surface area (Å²) in [5.41, 5.74) is 5.48. The van der Waals surface area contributed by atoms with E-state index in [0.29, 0.717) is 12.5 Å². The normalized spacial score (nSPS) is 11.7. The molecule has 1 aromatic carbocycles. The Balaban J connectivity index is 2.30. The van der Waals surface area contributed by atoms with Crippen LogP contribution in [0, 0.1) is 0 Å². The first-order valence-corrected chi connectivity index (χ1v) is 5.18. The third-order valence-electron chi connectivity index (χ3n) is 2.12. The van der Waals surface area contributed by atoms with Crippen molar-refractivity contribution in [1.82, 2.24) is 10.2 Å². The summed E-state index contributed by atoms with van der Waals surface area (Å²) in [6.07, 6.45) is 1.72. The smallest absolute Gasteiger partial charge is 0.241 e. The van der Waals surface area contributed by atoms with Crippen LogP contribution in [-0.4, -0.2) is 22.3 Å². The highest BCUT2D eigenvalue weighted by Gasteiger charge is 2.13. The summed E-state index contributed by atoms with van der Waals surface area (Å²) in [4.78, 5) is 0. The van der Waals surface area contributed by atoms with Gasteiger partial charge in [-0.2, -0.15) is 5.10 Å². The Bertz CT molecular complexity index is 486. The quantitative estimate of drug-likeness (QED) is 0.850. The van der Waals surface area contributed by atoms with Gasteiger partial charge < -0.3 is 10.5 Å². The van der Waals surface area contributed by atoms with Crippen LogP contribution in [0.5, 0.6) is 5.88 Å². The number of hydrogen-bond donors (Lipinski definition) is 1. The minimum atomic E-state index is -0.376. The van der Waals surface area contributed by atoms with Gasteiger partial charge in [0.25, 0.3) is 0 Å². The molecule has 1 heterocycles. The fourth-order valence-electron chi connectivity index (χ4n) is 1.36. The zero-order chi connectivity index (χ0) is 11.6. The number of hydrogen-bond acceptors (Lipinski definition) is 4. The molecular formula is C12H15N3O. The van der Waals surface area contributed by atoms with Crippen LogP contribution in [0.3, 0.4) is 0 Å². The molecule has 0 radical (unpaired) electrons. The van der Waals surface area contributed by atoms with E-state index >= 15 is 0 Å². The molecule has 16 heavy (non-hydrogen) atoms. The van der Waals surface area contributed by atoms with Gasteiger partial charge in [-0.1, -0.05) is 18.2 Å². The van der Waals surface area contributed by atoms with Crippen LogP contribution in [0.4, 0.5) is 0 Å². The lowest BCUT2D eigenvalue weighted by atomic mass is 10.1. The molecule has 0 fully saturated rings. The molecule has 0 amide bonds. The monoisotopic (exact) mass is 217 g/mol. The Morgan fingerprint density at radius 2 is 2.06 bits per heavy atom. The molecule has 0 aliphatic carbocycles. The van der Waals surface area contributed by atoms with E-state index in [1.165, 1.54) is 0 Å². The Morgan fingerprint density at radius 1 is 1.31 bits per heavy atom. The second-order valence-corrected chi connectivity index (χ2v) is 4.51. The van der Waals surface area contributed by atoms with Gasteiger partial charge in [-0.05, 0) is 19.9 Å². The summed E-state index contributed by atoms with van der Waals surface area (Å²) in [7, 11) is 0. The third-order valence-corrected chi connectivity index (χ3v) is 2.12. The van der Waals surface area contributed by atoms with Crippen molar-refractivity contribution in [3.8, 4) is 5.88 Å². The molecule has 2 rings (SSSR count). The maximum atomic E-state index is 5.85. The van der Waals surface area contributed by atoms with Crippen LogP contribution in [0.25, 0.3) is 10.8 Å². The number of nitrogens with two attached hydrogens (primary N) is 1. The molecule has 0 spiro atoms. The van der Waals surface area contributed by atoms with Crippen LogP contribution in [0.1, 0.15) is 13.8 Å². The summed E-state index contributed by atoms with van der Waals surface area (Å²) in [5.74, 6) is 0.539. The zero-order valence-corrected chi connectivity index (χ0v) is 9.47. The molecule has 4 heteroatoms. The number of rotatable bonds is 3. The predicted molar refractivity (Wildman–Crippen MR) is 63.3 cm³/mol. The van der Waals surface area contributed by atoms with E-state index in [1.54, 1.807) is 6.20 Å². The second kappa shape index (κ2) is 4.06. The number of fused-ring (bicyclic) bond motifs is 1. The summed E-state index contributed by atoms with van der Waals surface area (Å²) in [6.45, 7) is 4.23. The standard InChI is InChI=1S/C12H15N3O/c1-12(2,13)8-16-11-10-6-4-3-5-9(10)7-14-15-11/h3-7H,8,13H2,1-2H3. The van der Waals surface area contributed by atoms with Gasteiger partial charge >= 0.3 is 0 Å². The highest BCUT2D eigenvalue weighted by atomic mass is 16.5. The Morgan fingerprint density at radius 3 is 2.81 bits per heavy atom. The van der Waals surface area contributed by atoms with Crippen LogP contribution in [0.15, 0.2) is 30.5 Å². The van der Waals surface area contributed by atoms with Gasteiger partial charge in [0.1, 0.15) is 6.61 Å². The van der Waals surface area contributed by atoms with Gasteiger partial charge in [-0.25, -0.2) is 0 Å². The van der Waals surface area contributed by atoms with E-state index in [2.05, 4.69) is 10.2 Å². The molecule has 0 aliphatic heterocycles. The van der Waals surface area contributed by atoms with Crippen LogP contribution in [0.2, 0.25) is 0 Å². The molecule has 84 valence electrons.